The van der Waals surface area contributed by atoms with Crippen LogP contribution in [-0.2, 0) is 4.74 Å². The van der Waals surface area contributed by atoms with Crippen molar-refractivity contribution in [2.75, 3.05) is 20.4 Å². The van der Waals surface area contributed by atoms with Gasteiger partial charge in [-0.3, -0.25) is 4.39 Å². The van der Waals surface area contributed by atoms with Gasteiger partial charge in [0.25, 0.3) is 0 Å². The van der Waals surface area contributed by atoms with Crippen LogP contribution in [0.4, 0.5) is 4.39 Å². The second-order valence-electron chi connectivity index (χ2n) is 6.85. The summed E-state index contributed by atoms with van der Waals surface area (Å²) < 4.78 is 17.5. The summed E-state index contributed by atoms with van der Waals surface area (Å²) >= 11 is 0. The van der Waals surface area contributed by atoms with Crippen LogP contribution >= 0.6 is 0 Å². The monoisotopic (exact) mass is 270 g/mol. The Morgan fingerprint density at radius 2 is 1.37 bits per heavy atom. The third-order valence-corrected chi connectivity index (χ3v) is 5.60. The van der Waals surface area contributed by atoms with E-state index in [9.17, 15) is 4.39 Å². The zero-order chi connectivity index (χ0) is 13.5. The Morgan fingerprint density at radius 3 is 1.84 bits per heavy atom. The molecular formula is C17H31FO. The Bertz CT molecular complexity index is 227. The van der Waals surface area contributed by atoms with E-state index in [4.69, 9.17) is 4.74 Å². The Kier molecular flexibility index (Phi) is 6.63. The van der Waals surface area contributed by atoms with Crippen LogP contribution in [0.1, 0.15) is 64.2 Å². The number of alkyl halides is 1. The summed E-state index contributed by atoms with van der Waals surface area (Å²) in [7, 11) is 1.82. The lowest BCUT2D eigenvalue weighted by Gasteiger charge is -2.37. The first kappa shape index (κ1) is 15.3. The molecule has 0 amide bonds. The summed E-state index contributed by atoms with van der Waals surface area (Å²) in [4.78, 5) is 0. The predicted octanol–water partition coefficient (Wildman–Crippen LogP) is 5.00. The van der Waals surface area contributed by atoms with E-state index in [1.165, 1.54) is 51.4 Å². The molecule has 0 spiro atoms. The fourth-order valence-electron chi connectivity index (χ4n) is 4.38. The summed E-state index contributed by atoms with van der Waals surface area (Å²) in [5.74, 6) is 3.61. The topological polar surface area (TPSA) is 9.23 Å². The summed E-state index contributed by atoms with van der Waals surface area (Å²) in [6.07, 6.45) is 13.1. The third kappa shape index (κ3) is 4.73. The van der Waals surface area contributed by atoms with E-state index in [-0.39, 0.29) is 6.67 Å². The van der Waals surface area contributed by atoms with Crippen LogP contribution in [-0.4, -0.2) is 20.4 Å². The van der Waals surface area contributed by atoms with Crippen molar-refractivity contribution in [3.63, 3.8) is 0 Å². The molecule has 0 aromatic carbocycles. The second-order valence-corrected chi connectivity index (χ2v) is 6.85. The molecule has 0 aliphatic heterocycles. The van der Waals surface area contributed by atoms with E-state index in [2.05, 4.69) is 0 Å². The van der Waals surface area contributed by atoms with Gasteiger partial charge in [-0.25, -0.2) is 0 Å². The summed E-state index contributed by atoms with van der Waals surface area (Å²) in [5, 5.41) is 0. The van der Waals surface area contributed by atoms with Crippen molar-refractivity contribution in [3.8, 4) is 0 Å². The quantitative estimate of drug-likeness (QED) is 0.660. The molecule has 112 valence electrons. The van der Waals surface area contributed by atoms with E-state index in [0.29, 0.717) is 0 Å². The summed E-state index contributed by atoms with van der Waals surface area (Å²) in [6.45, 7) is 0.839. The van der Waals surface area contributed by atoms with Gasteiger partial charge in [0.15, 0.2) is 0 Å². The maximum absolute atomic E-state index is 12.2. The van der Waals surface area contributed by atoms with Crippen LogP contribution in [0.15, 0.2) is 0 Å². The van der Waals surface area contributed by atoms with Crippen molar-refractivity contribution < 1.29 is 9.13 Å². The maximum atomic E-state index is 12.2. The molecular weight excluding hydrogens is 239 g/mol. The zero-order valence-electron chi connectivity index (χ0n) is 12.6. The standard InChI is InChI=1S/C17H31FO/c1-19-13-15-6-10-17(11-7-15)16-8-4-14(5-9-16)3-2-12-18/h14-17H,2-13H2,1H3. The largest absolute Gasteiger partial charge is 0.384 e. The molecule has 0 bridgehead atoms. The highest BCUT2D eigenvalue weighted by molar-refractivity contribution is 4.82. The molecule has 2 aliphatic carbocycles. The minimum Gasteiger partial charge on any atom is -0.384 e. The number of hydrogen-bond acceptors (Lipinski definition) is 1. The number of ether oxygens (including phenoxy) is 1. The molecule has 2 rings (SSSR count). The molecule has 0 N–H and O–H groups in total. The number of methoxy groups -OCH3 is 1. The highest BCUT2D eigenvalue weighted by Crippen LogP contribution is 2.42. The second kappa shape index (κ2) is 8.24. The van der Waals surface area contributed by atoms with Crippen LogP contribution in [0.3, 0.4) is 0 Å². The average Bonchev–Trinajstić information content (AvgIpc) is 2.47. The Hall–Kier alpha value is -0.110. The van der Waals surface area contributed by atoms with Gasteiger partial charge in [0, 0.05) is 13.7 Å². The van der Waals surface area contributed by atoms with E-state index in [0.717, 1.165) is 43.1 Å². The molecule has 19 heavy (non-hydrogen) atoms. The third-order valence-electron chi connectivity index (χ3n) is 5.60. The van der Waals surface area contributed by atoms with Gasteiger partial charge in [0.1, 0.15) is 0 Å². The van der Waals surface area contributed by atoms with Crippen molar-refractivity contribution in [1.82, 2.24) is 0 Å². The molecule has 0 heterocycles. The molecule has 2 heteroatoms. The maximum Gasteiger partial charge on any atom is 0.0894 e. The molecule has 0 radical (unpaired) electrons. The van der Waals surface area contributed by atoms with E-state index in [1.807, 2.05) is 7.11 Å². The fourth-order valence-corrected chi connectivity index (χ4v) is 4.38. The van der Waals surface area contributed by atoms with Crippen LogP contribution in [0.5, 0.6) is 0 Å². The zero-order valence-corrected chi connectivity index (χ0v) is 12.6. The average molecular weight is 270 g/mol. The van der Waals surface area contributed by atoms with Crippen molar-refractivity contribution >= 4 is 0 Å². The van der Waals surface area contributed by atoms with Crippen molar-refractivity contribution in [2.45, 2.75) is 64.2 Å². The lowest BCUT2D eigenvalue weighted by Crippen LogP contribution is -2.27. The molecule has 0 unspecified atom stereocenters. The number of rotatable bonds is 6. The van der Waals surface area contributed by atoms with Gasteiger partial charge in [-0.2, -0.15) is 0 Å². The predicted molar refractivity (Wildman–Crippen MR) is 78.0 cm³/mol. The van der Waals surface area contributed by atoms with Gasteiger partial charge in [-0.15, -0.1) is 0 Å². The van der Waals surface area contributed by atoms with Gasteiger partial charge >= 0.3 is 0 Å². The smallest absolute Gasteiger partial charge is 0.0894 e. The minimum absolute atomic E-state index is 0.122. The SMILES string of the molecule is COCC1CCC(C2CCC(CCCF)CC2)CC1. The first-order valence-corrected chi connectivity index (χ1v) is 8.38. The molecule has 2 fully saturated rings. The molecule has 2 aliphatic rings. The first-order valence-electron chi connectivity index (χ1n) is 8.38. The van der Waals surface area contributed by atoms with Gasteiger partial charge in [-0.05, 0) is 75.0 Å². The number of halogens is 1. The molecule has 0 aromatic rings. The van der Waals surface area contributed by atoms with Crippen molar-refractivity contribution in [2.24, 2.45) is 23.7 Å². The number of hydrogen-bond donors (Lipinski definition) is 0. The van der Waals surface area contributed by atoms with E-state index < -0.39 is 0 Å². The van der Waals surface area contributed by atoms with Crippen LogP contribution in [0.2, 0.25) is 0 Å². The first-order chi connectivity index (χ1) is 9.33. The molecule has 1 nitrogen and oxygen atoms in total. The van der Waals surface area contributed by atoms with Crippen LogP contribution in [0.25, 0.3) is 0 Å². The molecule has 2 saturated carbocycles. The highest BCUT2D eigenvalue weighted by Gasteiger charge is 2.30. The van der Waals surface area contributed by atoms with Crippen LogP contribution in [0, 0.1) is 23.7 Å². The Labute approximate surface area is 118 Å². The Morgan fingerprint density at radius 1 is 0.842 bits per heavy atom. The lowest BCUT2D eigenvalue weighted by molar-refractivity contribution is 0.0924. The lowest BCUT2D eigenvalue weighted by atomic mass is 9.69. The molecule has 0 atom stereocenters. The van der Waals surface area contributed by atoms with Crippen molar-refractivity contribution in [3.05, 3.63) is 0 Å². The Balaban J connectivity index is 1.65. The van der Waals surface area contributed by atoms with Gasteiger partial charge in [0.05, 0.1) is 6.67 Å². The summed E-state index contributed by atoms with van der Waals surface area (Å²) in [6, 6.07) is 0. The van der Waals surface area contributed by atoms with Gasteiger partial charge in [-0.1, -0.05) is 12.8 Å². The molecule has 0 saturated heterocycles. The summed E-state index contributed by atoms with van der Waals surface area (Å²) in [5.41, 5.74) is 0. The fraction of sp³-hybridized carbons (Fsp3) is 1.00. The van der Waals surface area contributed by atoms with Gasteiger partial charge < -0.3 is 4.74 Å². The van der Waals surface area contributed by atoms with Crippen molar-refractivity contribution in [1.29, 1.82) is 0 Å². The highest BCUT2D eigenvalue weighted by atomic mass is 19.1. The normalized spacial score (nSPS) is 36.3. The van der Waals surface area contributed by atoms with E-state index >= 15 is 0 Å². The van der Waals surface area contributed by atoms with E-state index in [1.54, 1.807) is 0 Å². The molecule has 0 aromatic heterocycles. The minimum atomic E-state index is -0.122. The van der Waals surface area contributed by atoms with Gasteiger partial charge in [0.2, 0.25) is 0 Å². The van der Waals surface area contributed by atoms with Crippen LogP contribution < -0.4 is 0 Å².